The van der Waals surface area contributed by atoms with Gasteiger partial charge in [-0.15, -0.1) is 0 Å². The third kappa shape index (κ3) is 3.06. The average molecular weight is 387 g/mol. The molecule has 1 aliphatic heterocycles. The summed E-state index contributed by atoms with van der Waals surface area (Å²) >= 11 is 0. The van der Waals surface area contributed by atoms with Crippen LogP contribution in [0.5, 0.6) is 0 Å². The van der Waals surface area contributed by atoms with Gasteiger partial charge in [0.05, 0.1) is 32.6 Å². The minimum Gasteiger partial charge on any atom is -0.530 e. The van der Waals surface area contributed by atoms with Gasteiger partial charge in [0, 0.05) is 30.2 Å². The summed E-state index contributed by atoms with van der Waals surface area (Å²) in [5.41, 5.74) is 7.70. The molecule has 28 heavy (non-hydrogen) atoms. The number of aromatic nitrogens is 2. The van der Waals surface area contributed by atoms with Crippen LogP contribution in [0.4, 0.5) is 10.5 Å². The van der Waals surface area contributed by atoms with E-state index >= 15 is 0 Å². The van der Waals surface area contributed by atoms with E-state index in [0.717, 1.165) is 11.3 Å². The topological polar surface area (TPSA) is 125 Å². The van der Waals surface area contributed by atoms with Gasteiger partial charge in [0.25, 0.3) is 5.89 Å². The molecular weight excluding hydrogens is 362 g/mol. The highest BCUT2D eigenvalue weighted by molar-refractivity contribution is 5.89. The maximum Gasteiger partial charge on any atom is 0.315 e. The first-order valence-electron chi connectivity index (χ1n) is 9.26. The highest BCUT2D eigenvalue weighted by Gasteiger charge is 2.47. The van der Waals surface area contributed by atoms with Gasteiger partial charge in [-0.3, -0.25) is 0 Å². The molecule has 0 bridgehead atoms. The Morgan fingerprint density at radius 3 is 2.68 bits per heavy atom. The molecule has 2 N–H and O–H groups in total. The molecule has 0 aliphatic carbocycles. The van der Waals surface area contributed by atoms with Crippen LogP contribution < -0.4 is 15.3 Å². The third-order valence-corrected chi connectivity index (χ3v) is 5.84. The number of hydrogen-bond acceptors (Lipinski definition) is 7. The Kier molecular flexibility index (Phi) is 5.22. The molecule has 1 aromatic carbocycles. The number of quaternary nitrogens is 1. The summed E-state index contributed by atoms with van der Waals surface area (Å²) in [5, 5.41) is 15.5. The van der Waals surface area contributed by atoms with Crippen LogP contribution in [0.3, 0.4) is 0 Å². The van der Waals surface area contributed by atoms with Crippen molar-refractivity contribution in [3.8, 4) is 11.5 Å². The van der Waals surface area contributed by atoms with Crippen LogP contribution in [0.15, 0.2) is 22.7 Å². The minimum absolute atomic E-state index is 0.0142. The Balaban J connectivity index is 2.20. The molecule has 150 valence electrons. The lowest BCUT2D eigenvalue weighted by Crippen LogP contribution is -2.60. The lowest BCUT2D eigenvalue weighted by atomic mass is 9.87. The quantitative estimate of drug-likeness (QED) is 0.781. The van der Waals surface area contributed by atoms with E-state index in [1.165, 1.54) is 4.90 Å². The van der Waals surface area contributed by atoms with Crippen LogP contribution in [0.2, 0.25) is 0 Å². The Morgan fingerprint density at radius 2 is 2.14 bits per heavy atom. The molecule has 3 rings (SSSR count). The number of fused-ring (bicyclic) bond motifs is 1. The van der Waals surface area contributed by atoms with E-state index < -0.39 is 12.1 Å². The molecule has 0 fully saturated rings. The highest BCUT2D eigenvalue weighted by Crippen LogP contribution is 2.45. The molecule has 0 saturated heterocycles. The number of carbonyl (C=O) groups is 2. The second kappa shape index (κ2) is 7.33. The van der Waals surface area contributed by atoms with Gasteiger partial charge in [0.2, 0.25) is 0 Å². The summed E-state index contributed by atoms with van der Waals surface area (Å²) in [5.74, 6) is 0.668. The number of nitrogens with two attached hydrogens (primary N) is 1. The zero-order chi connectivity index (χ0) is 20.6. The Bertz CT molecular complexity index is 911. The zero-order valence-corrected chi connectivity index (χ0v) is 16.5. The molecule has 9 heteroatoms. The van der Waals surface area contributed by atoms with E-state index in [0.29, 0.717) is 23.7 Å². The molecule has 1 unspecified atom stereocenters. The van der Waals surface area contributed by atoms with Gasteiger partial charge in [0.1, 0.15) is 11.8 Å². The van der Waals surface area contributed by atoms with Crippen molar-refractivity contribution in [2.75, 3.05) is 13.6 Å². The van der Waals surface area contributed by atoms with E-state index in [9.17, 15) is 14.7 Å². The van der Waals surface area contributed by atoms with Crippen molar-refractivity contribution in [3.63, 3.8) is 0 Å². The van der Waals surface area contributed by atoms with E-state index in [2.05, 4.69) is 10.1 Å². The maximum atomic E-state index is 12.5. The van der Waals surface area contributed by atoms with Gasteiger partial charge >= 0.3 is 5.91 Å². The van der Waals surface area contributed by atoms with E-state index in [4.69, 9.17) is 10.3 Å². The summed E-state index contributed by atoms with van der Waals surface area (Å²) in [4.78, 5) is 29.8. The SMILES string of the molecule is CCN(C(=O)[O-])[C@@H]1C[C@H](C)[N+](C)(C(C)=O)c2ccc(-c3nc(CN)no3)cc21. The number of hydrogen-bond donors (Lipinski definition) is 1. The smallest absolute Gasteiger partial charge is 0.315 e. The fraction of sp³-hybridized carbons (Fsp3) is 0.474. The summed E-state index contributed by atoms with van der Waals surface area (Å²) in [7, 11) is 1.86. The molecule has 2 heterocycles. The van der Waals surface area contributed by atoms with Crippen LogP contribution in [0.25, 0.3) is 11.5 Å². The van der Waals surface area contributed by atoms with Crippen molar-refractivity contribution in [1.82, 2.24) is 19.5 Å². The largest absolute Gasteiger partial charge is 0.530 e. The molecule has 1 aromatic heterocycles. The second-order valence-corrected chi connectivity index (χ2v) is 7.24. The number of carboxylic acid groups (broad SMARTS) is 1. The molecule has 0 saturated carbocycles. The van der Waals surface area contributed by atoms with Crippen LogP contribution in [-0.2, 0) is 11.3 Å². The number of amides is 2. The molecule has 2 amide bonds. The normalized spacial score (nSPS) is 23.9. The van der Waals surface area contributed by atoms with Crippen molar-refractivity contribution in [3.05, 3.63) is 29.6 Å². The zero-order valence-electron chi connectivity index (χ0n) is 16.5. The Hall–Kier alpha value is -2.78. The number of nitrogens with zero attached hydrogens (tertiary/aromatic N) is 4. The number of carbonyl (C=O) groups excluding carboxylic acids is 2. The number of rotatable bonds is 4. The molecule has 9 nitrogen and oxygen atoms in total. The monoisotopic (exact) mass is 387 g/mol. The second-order valence-electron chi connectivity index (χ2n) is 7.24. The van der Waals surface area contributed by atoms with Crippen molar-refractivity contribution in [1.29, 1.82) is 0 Å². The lowest BCUT2D eigenvalue weighted by molar-refractivity contribution is -0.268. The summed E-state index contributed by atoms with van der Waals surface area (Å²) in [6.07, 6.45) is -0.745. The summed E-state index contributed by atoms with van der Waals surface area (Å²) in [6, 6.07) is 4.94. The van der Waals surface area contributed by atoms with Crippen molar-refractivity contribution >= 4 is 17.7 Å². The first kappa shape index (κ1) is 20.0. The van der Waals surface area contributed by atoms with Crippen LogP contribution in [0.1, 0.15) is 44.6 Å². The first-order chi connectivity index (χ1) is 13.2. The molecule has 0 radical (unpaired) electrons. The van der Waals surface area contributed by atoms with Gasteiger partial charge < -0.3 is 25.1 Å². The van der Waals surface area contributed by atoms with Gasteiger partial charge in [-0.05, 0) is 26.0 Å². The van der Waals surface area contributed by atoms with Gasteiger partial charge in [-0.25, -0.2) is 9.28 Å². The average Bonchev–Trinajstić information content (AvgIpc) is 3.14. The van der Waals surface area contributed by atoms with E-state index in [1.54, 1.807) is 19.9 Å². The molecule has 1 aliphatic rings. The maximum absolute atomic E-state index is 12.5. The van der Waals surface area contributed by atoms with Gasteiger partial charge in [-0.1, -0.05) is 5.16 Å². The molecular formula is C19H25N5O4. The number of benzene rings is 1. The van der Waals surface area contributed by atoms with Gasteiger partial charge in [0.15, 0.2) is 5.82 Å². The summed E-state index contributed by atoms with van der Waals surface area (Å²) < 4.78 is 5.36. The predicted molar refractivity (Wildman–Crippen MR) is 101 cm³/mol. The van der Waals surface area contributed by atoms with E-state index in [-0.39, 0.29) is 29.5 Å². The highest BCUT2D eigenvalue weighted by atomic mass is 16.5. The minimum atomic E-state index is -1.24. The standard InChI is InChI=1S/C19H25N5O4/c1-5-23(19(26)27)15-8-11(2)24(4,12(3)25)16-7-6-13(9-14(15)16)18-21-17(10-20)22-28-18/h6-7,9,11,15H,5,8,10,20H2,1-4H3/t11-,15+,24?/m0/s1. The molecule has 2 aromatic rings. The predicted octanol–water partition coefficient (Wildman–Crippen LogP) is 1.18. The Labute approximate surface area is 163 Å². The third-order valence-electron chi connectivity index (χ3n) is 5.84. The van der Waals surface area contributed by atoms with Crippen molar-refractivity contribution < 1.29 is 19.2 Å². The van der Waals surface area contributed by atoms with Crippen molar-refractivity contribution in [2.45, 2.75) is 45.8 Å². The Morgan fingerprint density at radius 1 is 1.43 bits per heavy atom. The van der Waals surface area contributed by atoms with Crippen LogP contribution >= 0.6 is 0 Å². The lowest BCUT2D eigenvalue weighted by Gasteiger charge is -2.46. The van der Waals surface area contributed by atoms with Gasteiger partial charge in [-0.2, -0.15) is 4.98 Å². The van der Waals surface area contributed by atoms with E-state index in [1.807, 2.05) is 26.1 Å². The fourth-order valence-electron chi connectivity index (χ4n) is 3.98. The van der Waals surface area contributed by atoms with Crippen molar-refractivity contribution in [2.24, 2.45) is 5.73 Å². The fourth-order valence-corrected chi connectivity index (χ4v) is 3.98. The molecule has 3 atom stereocenters. The first-order valence-corrected chi connectivity index (χ1v) is 9.26. The molecule has 0 spiro atoms. The van der Waals surface area contributed by atoms with Crippen LogP contribution in [-0.4, -0.2) is 46.7 Å². The summed E-state index contributed by atoms with van der Waals surface area (Å²) in [6.45, 7) is 5.71. The van der Waals surface area contributed by atoms with Crippen LogP contribution in [0, 0.1) is 0 Å².